The largest absolute Gasteiger partial charge is 0.314 e. The standard InChI is InChI=1S/C18H32N2S/c1-5-10-19-15-9-7-6-8-14(11-15)12-17-20-16(13-21-17)18(2,3)4/h13-15,19H,5-12H2,1-4H3. The summed E-state index contributed by atoms with van der Waals surface area (Å²) in [5, 5.41) is 7.35. The van der Waals surface area contributed by atoms with Crippen LogP contribution in [0.2, 0.25) is 0 Å². The lowest BCUT2D eigenvalue weighted by molar-refractivity contribution is 0.383. The van der Waals surface area contributed by atoms with E-state index in [0.29, 0.717) is 0 Å². The second-order valence-electron chi connectivity index (χ2n) is 7.62. The van der Waals surface area contributed by atoms with Gasteiger partial charge >= 0.3 is 0 Å². The molecule has 1 aliphatic rings. The van der Waals surface area contributed by atoms with E-state index in [1.165, 1.54) is 62.2 Å². The fourth-order valence-corrected chi connectivity index (χ4v) is 4.31. The monoisotopic (exact) mass is 308 g/mol. The summed E-state index contributed by atoms with van der Waals surface area (Å²) in [6.45, 7) is 10.2. The van der Waals surface area contributed by atoms with E-state index >= 15 is 0 Å². The van der Waals surface area contributed by atoms with E-state index in [0.717, 1.165) is 12.0 Å². The van der Waals surface area contributed by atoms with Crippen LogP contribution in [-0.4, -0.2) is 17.6 Å². The number of nitrogens with one attached hydrogen (secondary N) is 1. The molecule has 2 rings (SSSR count). The van der Waals surface area contributed by atoms with Crippen molar-refractivity contribution in [2.75, 3.05) is 6.54 Å². The van der Waals surface area contributed by atoms with Gasteiger partial charge in [0.1, 0.15) is 0 Å². The summed E-state index contributed by atoms with van der Waals surface area (Å²) in [4.78, 5) is 4.89. The van der Waals surface area contributed by atoms with E-state index in [2.05, 4.69) is 38.4 Å². The van der Waals surface area contributed by atoms with Gasteiger partial charge in [-0.3, -0.25) is 0 Å². The highest BCUT2D eigenvalue weighted by atomic mass is 32.1. The summed E-state index contributed by atoms with van der Waals surface area (Å²) in [6.07, 6.45) is 9.30. The smallest absolute Gasteiger partial charge is 0.0931 e. The highest BCUT2D eigenvalue weighted by Gasteiger charge is 2.22. The number of hydrogen-bond acceptors (Lipinski definition) is 3. The Morgan fingerprint density at radius 2 is 2.05 bits per heavy atom. The van der Waals surface area contributed by atoms with Crippen LogP contribution in [0.15, 0.2) is 5.38 Å². The maximum atomic E-state index is 4.89. The van der Waals surface area contributed by atoms with E-state index in [-0.39, 0.29) is 5.41 Å². The summed E-state index contributed by atoms with van der Waals surface area (Å²) in [5.41, 5.74) is 1.44. The zero-order valence-corrected chi connectivity index (χ0v) is 15.1. The molecule has 1 heterocycles. The molecule has 0 saturated heterocycles. The van der Waals surface area contributed by atoms with Gasteiger partial charge in [0, 0.05) is 23.3 Å². The first-order chi connectivity index (χ1) is 9.99. The van der Waals surface area contributed by atoms with Crippen molar-refractivity contribution >= 4 is 11.3 Å². The molecule has 0 aromatic carbocycles. The molecule has 0 bridgehead atoms. The zero-order valence-electron chi connectivity index (χ0n) is 14.2. The van der Waals surface area contributed by atoms with E-state index in [1.54, 1.807) is 0 Å². The molecule has 0 amide bonds. The first-order valence-electron chi connectivity index (χ1n) is 8.67. The van der Waals surface area contributed by atoms with E-state index in [9.17, 15) is 0 Å². The van der Waals surface area contributed by atoms with Crippen molar-refractivity contribution < 1.29 is 0 Å². The highest BCUT2D eigenvalue weighted by molar-refractivity contribution is 7.09. The molecule has 1 aromatic heterocycles. The van der Waals surface area contributed by atoms with Crippen molar-refractivity contribution in [3.05, 3.63) is 16.1 Å². The predicted octanol–water partition coefficient (Wildman–Crippen LogP) is 4.93. The predicted molar refractivity (Wildman–Crippen MR) is 93.2 cm³/mol. The topological polar surface area (TPSA) is 24.9 Å². The van der Waals surface area contributed by atoms with Crippen molar-refractivity contribution in [1.29, 1.82) is 0 Å². The second kappa shape index (κ2) is 7.73. The van der Waals surface area contributed by atoms with Crippen molar-refractivity contribution in [1.82, 2.24) is 10.3 Å². The molecule has 21 heavy (non-hydrogen) atoms. The third-order valence-corrected chi connectivity index (χ3v) is 5.37. The lowest BCUT2D eigenvalue weighted by Gasteiger charge is -2.20. The normalized spacial score (nSPS) is 24.0. The third kappa shape index (κ3) is 5.37. The van der Waals surface area contributed by atoms with Crippen LogP contribution in [0.1, 0.15) is 76.9 Å². The van der Waals surface area contributed by atoms with Gasteiger partial charge in [-0.2, -0.15) is 0 Å². The maximum Gasteiger partial charge on any atom is 0.0931 e. The van der Waals surface area contributed by atoms with Crippen LogP contribution in [0.4, 0.5) is 0 Å². The number of thiazole rings is 1. The molecule has 1 saturated carbocycles. The average Bonchev–Trinajstić information content (AvgIpc) is 2.77. The van der Waals surface area contributed by atoms with E-state index in [1.807, 2.05) is 11.3 Å². The first kappa shape index (κ1) is 17.0. The van der Waals surface area contributed by atoms with Crippen molar-refractivity contribution in [2.24, 2.45) is 5.92 Å². The van der Waals surface area contributed by atoms with Gasteiger partial charge in [0.15, 0.2) is 0 Å². The Morgan fingerprint density at radius 3 is 2.71 bits per heavy atom. The molecular weight excluding hydrogens is 276 g/mol. The molecule has 2 atom stereocenters. The summed E-state index contributed by atoms with van der Waals surface area (Å²) < 4.78 is 0. The Morgan fingerprint density at radius 1 is 1.29 bits per heavy atom. The SMILES string of the molecule is CCCNC1CCCCC(Cc2nc(C(C)(C)C)cs2)C1. The highest BCUT2D eigenvalue weighted by Crippen LogP contribution is 2.29. The van der Waals surface area contributed by atoms with Crippen LogP contribution < -0.4 is 5.32 Å². The fourth-order valence-electron chi connectivity index (χ4n) is 3.18. The van der Waals surface area contributed by atoms with Crippen LogP contribution in [0.3, 0.4) is 0 Å². The quantitative estimate of drug-likeness (QED) is 0.780. The molecule has 0 spiro atoms. The first-order valence-corrected chi connectivity index (χ1v) is 9.55. The van der Waals surface area contributed by atoms with Crippen LogP contribution >= 0.6 is 11.3 Å². The van der Waals surface area contributed by atoms with Gasteiger partial charge in [0.25, 0.3) is 0 Å². The number of hydrogen-bond donors (Lipinski definition) is 1. The summed E-state index contributed by atoms with van der Waals surface area (Å²) in [7, 11) is 0. The van der Waals surface area contributed by atoms with Gasteiger partial charge in [0.05, 0.1) is 10.7 Å². The summed E-state index contributed by atoms with van der Waals surface area (Å²) in [5.74, 6) is 0.820. The lowest BCUT2D eigenvalue weighted by Crippen LogP contribution is -2.31. The molecule has 120 valence electrons. The van der Waals surface area contributed by atoms with Gasteiger partial charge in [-0.1, -0.05) is 40.5 Å². The van der Waals surface area contributed by atoms with Gasteiger partial charge in [-0.25, -0.2) is 4.98 Å². The number of aromatic nitrogens is 1. The summed E-state index contributed by atoms with van der Waals surface area (Å²) >= 11 is 1.86. The Kier molecular flexibility index (Phi) is 6.24. The number of rotatable bonds is 5. The molecule has 2 nitrogen and oxygen atoms in total. The molecule has 2 unspecified atom stereocenters. The molecule has 1 aromatic rings. The van der Waals surface area contributed by atoms with Crippen molar-refractivity contribution in [3.8, 4) is 0 Å². The van der Waals surface area contributed by atoms with E-state index in [4.69, 9.17) is 4.98 Å². The average molecular weight is 309 g/mol. The third-order valence-electron chi connectivity index (χ3n) is 4.50. The molecular formula is C18H32N2S. The molecule has 3 heteroatoms. The maximum absolute atomic E-state index is 4.89. The minimum Gasteiger partial charge on any atom is -0.314 e. The number of nitrogens with zero attached hydrogens (tertiary/aromatic N) is 1. The minimum absolute atomic E-state index is 0.184. The summed E-state index contributed by atoms with van der Waals surface area (Å²) in [6, 6.07) is 0.736. The second-order valence-corrected chi connectivity index (χ2v) is 8.56. The molecule has 1 N–H and O–H groups in total. The zero-order chi connectivity index (χ0) is 15.3. The van der Waals surface area contributed by atoms with Crippen LogP contribution in [0, 0.1) is 5.92 Å². The Balaban J connectivity index is 1.92. The minimum atomic E-state index is 0.184. The van der Waals surface area contributed by atoms with Gasteiger partial charge in [-0.15, -0.1) is 11.3 Å². The van der Waals surface area contributed by atoms with Crippen molar-refractivity contribution in [2.45, 2.75) is 84.1 Å². The Labute approximate surface area is 134 Å². The van der Waals surface area contributed by atoms with Crippen LogP contribution in [0.25, 0.3) is 0 Å². The van der Waals surface area contributed by atoms with Gasteiger partial charge in [0.2, 0.25) is 0 Å². The fraction of sp³-hybridized carbons (Fsp3) is 0.833. The molecule has 0 radical (unpaired) electrons. The molecule has 0 aliphatic heterocycles. The molecule has 1 fully saturated rings. The van der Waals surface area contributed by atoms with Crippen molar-refractivity contribution in [3.63, 3.8) is 0 Å². The Hall–Kier alpha value is -0.410. The van der Waals surface area contributed by atoms with Crippen LogP contribution in [-0.2, 0) is 11.8 Å². The lowest BCUT2D eigenvalue weighted by atomic mass is 9.93. The van der Waals surface area contributed by atoms with E-state index < -0.39 is 0 Å². The Bertz CT molecular complexity index is 419. The van der Waals surface area contributed by atoms with Gasteiger partial charge in [-0.05, 0) is 38.1 Å². The van der Waals surface area contributed by atoms with Crippen LogP contribution in [0.5, 0.6) is 0 Å². The van der Waals surface area contributed by atoms with Gasteiger partial charge < -0.3 is 5.32 Å². The molecule has 1 aliphatic carbocycles.